The van der Waals surface area contributed by atoms with Gasteiger partial charge in [0.15, 0.2) is 5.69 Å². The highest BCUT2D eigenvalue weighted by molar-refractivity contribution is 5.93. The number of aromatic nitrogens is 1. The number of fused-ring (bicyclic) bond motifs is 1. The van der Waals surface area contributed by atoms with Crippen LogP contribution < -0.4 is 0 Å². The Morgan fingerprint density at radius 2 is 2.00 bits per heavy atom. The molecular weight excluding hydrogens is 300 g/mol. The minimum Gasteiger partial charge on any atom is -0.360 e. The maximum atomic E-state index is 13.1. The lowest BCUT2D eigenvalue weighted by Gasteiger charge is -2.61. The van der Waals surface area contributed by atoms with Gasteiger partial charge in [-0.15, -0.1) is 0 Å². The molecule has 2 heterocycles. The monoisotopic (exact) mass is 322 g/mol. The van der Waals surface area contributed by atoms with E-state index in [-0.39, 0.29) is 11.4 Å². The number of benzene rings is 1. The number of amides is 1. The summed E-state index contributed by atoms with van der Waals surface area (Å²) in [6.45, 7) is 0.847. The van der Waals surface area contributed by atoms with Crippen molar-refractivity contribution in [3.8, 4) is 0 Å². The Morgan fingerprint density at radius 1 is 1.17 bits per heavy atom. The predicted octanol–water partition coefficient (Wildman–Crippen LogP) is 4.09. The molecular formula is C20H22N2O2. The van der Waals surface area contributed by atoms with Crippen molar-refractivity contribution in [2.24, 2.45) is 5.92 Å². The molecule has 2 saturated carbocycles. The van der Waals surface area contributed by atoms with Gasteiger partial charge in [0, 0.05) is 24.4 Å². The van der Waals surface area contributed by atoms with Crippen LogP contribution in [-0.2, 0) is 5.54 Å². The second-order valence-electron chi connectivity index (χ2n) is 7.54. The quantitative estimate of drug-likeness (QED) is 0.855. The average molecular weight is 322 g/mol. The Labute approximate surface area is 141 Å². The van der Waals surface area contributed by atoms with Crippen LogP contribution in [-0.4, -0.2) is 22.5 Å². The Bertz CT molecular complexity index is 765. The summed E-state index contributed by atoms with van der Waals surface area (Å²) in [7, 11) is 0. The maximum Gasteiger partial charge on any atom is 0.276 e. The van der Waals surface area contributed by atoms with Crippen LogP contribution in [0.1, 0.15) is 66.3 Å². The second kappa shape index (κ2) is 5.20. The first kappa shape index (κ1) is 14.3. The third kappa shape index (κ3) is 1.98. The van der Waals surface area contributed by atoms with E-state index in [2.05, 4.69) is 34.3 Å². The third-order valence-corrected chi connectivity index (χ3v) is 6.17. The van der Waals surface area contributed by atoms with E-state index < -0.39 is 0 Å². The van der Waals surface area contributed by atoms with Gasteiger partial charge < -0.3 is 9.42 Å². The smallest absolute Gasteiger partial charge is 0.276 e. The lowest BCUT2D eigenvalue weighted by molar-refractivity contribution is -0.0873. The van der Waals surface area contributed by atoms with Gasteiger partial charge in [0.1, 0.15) is 5.76 Å². The summed E-state index contributed by atoms with van der Waals surface area (Å²) in [6.07, 6.45) is 7.04. The minimum absolute atomic E-state index is 0.0349. The molecule has 4 nitrogen and oxygen atoms in total. The molecule has 24 heavy (non-hydrogen) atoms. The fraction of sp³-hybridized carbons (Fsp3) is 0.500. The van der Waals surface area contributed by atoms with Gasteiger partial charge >= 0.3 is 0 Å². The zero-order chi connectivity index (χ0) is 16.1. The fourth-order valence-corrected chi connectivity index (χ4v) is 4.71. The number of nitrogens with zero attached hydrogens (tertiary/aromatic N) is 2. The summed E-state index contributed by atoms with van der Waals surface area (Å²) in [5, 5.41) is 4.08. The topological polar surface area (TPSA) is 46.3 Å². The first-order valence-electron chi connectivity index (χ1n) is 9.13. The van der Waals surface area contributed by atoms with Crippen LogP contribution in [0.25, 0.3) is 0 Å². The van der Waals surface area contributed by atoms with Crippen LogP contribution in [0.2, 0.25) is 0 Å². The summed E-state index contributed by atoms with van der Waals surface area (Å²) < 4.78 is 5.41. The Hall–Kier alpha value is -2.10. The number of hydrogen-bond donors (Lipinski definition) is 0. The van der Waals surface area contributed by atoms with Gasteiger partial charge in [-0.25, -0.2) is 0 Å². The standard InChI is InChI=1S/C20H22N2O2/c23-19(17-12-18(24-21-17)14-9-10-14)22-13-16-8-4-5-11-20(16,22)15-6-2-1-3-7-15/h1-3,6-7,12,14,16H,4-5,8-11,13H2/t16-,20-/m0/s1. The summed E-state index contributed by atoms with van der Waals surface area (Å²) in [4.78, 5) is 15.2. The zero-order valence-corrected chi connectivity index (χ0v) is 13.8. The number of likely N-dealkylation sites (tertiary alicyclic amines) is 1. The van der Waals surface area contributed by atoms with E-state index in [1.54, 1.807) is 0 Å². The van der Waals surface area contributed by atoms with Gasteiger partial charge in [0.2, 0.25) is 0 Å². The maximum absolute atomic E-state index is 13.1. The van der Waals surface area contributed by atoms with E-state index in [1.165, 1.54) is 24.8 Å². The van der Waals surface area contributed by atoms with Crippen LogP contribution in [0.15, 0.2) is 40.9 Å². The molecule has 1 saturated heterocycles. The van der Waals surface area contributed by atoms with Crippen molar-refractivity contribution in [1.29, 1.82) is 0 Å². The highest BCUT2D eigenvalue weighted by atomic mass is 16.5. The lowest BCUT2D eigenvalue weighted by atomic mass is 9.61. The molecule has 0 bridgehead atoms. The second-order valence-corrected chi connectivity index (χ2v) is 7.54. The minimum atomic E-state index is -0.130. The van der Waals surface area contributed by atoms with E-state index in [0.717, 1.165) is 31.6 Å². The molecule has 1 aromatic carbocycles. The summed E-state index contributed by atoms with van der Waals surface area (Å²) in [5.74, 6) is 1.98. The van der Waals surface area contributed by atoms with Crippen molar-refractivity contribution in [3.63, 3.8) is 0 Å². The highest BCUT2D eigenvalue weighted by Crippen LogP contribution is 2.54. The molecule has 0 spiro atoms. The molecule has 1 amide bonds. The van der Waals surface area contributed by atoms with Gasteiger partial charge in [-0.3, -0.25) is 4.79 Å². The van der Waals surface area contributed by atoms with Crippen molar-refractivity contribution in [2.75, 3.05) is 6.54 Å². The van der Waals surface area contributed by atoms with Crippen LogP contribution in [0.3, 0.4) is 0 Å². The molecule has 2 aromatic rings. The zero-order valence-electron chi connectivity index (χ0n) is 13.8. The van der Waals surface area contributed by atoms with E-state index in [9.17, 15) is 4.79 Å². The molecule has 124 valence electrons. The van der Waals surface area contributed by atoms with Gasteiger partial charge in [-0.05, 0) is 31.2 Å². The number of carbonyl (C=O) groups excluding carboxylic acids is 1. The molecule has 0 radical (unpaired) electrons. The molecule has 1 aromatic heterocycles. The van der Waals surface area contributed by atoms with Gasteiger partial charge in [-0.2, -0.15) is 0 Å². The van der Waals surface area contributed by atoms with E-state index in [1.807, 2.05) is 12.1 Å². The van der Waals surface area contributed by atoms with E-state index >= 15 is 0 Å². The molecule has 3 fully saturated rings. The number of hydrogen-bond acceptors (Lipinski definition) is 3. The van der Waals surface area contributed by atoms with E-state index in [0.29, 0.717) is 17.5 Å². The van der Waals surface area contributed by atoms with Crippen LogP contribution >= 0.6 is 0 Å². The largest absolute Gasteiger partial charge is 0.360 e. The first-order chi connectivity index (χ1) is 11.8. The Morgan fingerprint density at radius 3 is 2.75 bits per heavy atom. The van der Waals surface area contributed by atoms with Gasteiger partial charge in [0.25, 0.3) is 5.91 Å². The Kier molecular flexibility index (Phi) is 3.09. The number of carbonyl (C=O) groups is 1. The molecule has 2 aliphatic carbocycles. The summed E-state index contributed by atoms with van der Waals surface area (Å²) in [6, 6.07) is 12.4. The molecule has 3 aliphatic rings. The van der Waals surface area contributed by atoms with Gasteiger partial charge in [-0.1, -0.05) is 48.3 Å². The predicted molar refractivity (Wildman–Crippen MR) is 89.6 cm³/mol. The van der Waals surface area contributed by atoms with Crippen molar-refractivity contribution >= 4 is 5.91 Å². The average Bonchev–Trinajstić information content (AvgIpc) is 3.34. The molecule has 4 heteroatoms. The van der Waals surface area contributed by atoms with E-state index in [4.69, 9.17) is 4.52 Å². The van der Waals surface area contributed by atoms with Crippen molar-refractivity contribution in [1.82, 2.24) is 10.1 Å². The normalized spacial score (nSPS) is 29.0. The molecule has 2 atom stereocenters. The lowest BCUT2D eigenvalue weighted by Crippen LogP contribution is -2.67. The van der Waals surface area contributed by atoms with Crippen LogP contribution in [0.5, 0.6) is 0 Å². The van der Waals surface area contributed by atoms with Crippen molar-refractivity contribution in [3.05, 3.63) is 53.4 Å². The van der Waals surface area contributed by atoms with Crippen molar-refractivity contribution in [2.45, 2.75) is 50.0 Å². The Balaban J connectivity index is 1.49. The fourth-order valence-electron chi connectivity index (χ4n) is 4.71. The first-order valence-corrected chi connectivity index (χ1v) is 9.13. The third-order valence-electron chi connectivity index (χ3n) is 6.17. The SMILES string of the molecule is O=C(c1cc(C2CC2)on1)N1C[C@@H]2CCCC[C@]21c1ccccc1. The molecule has 0 N–H and O–H groups in total. The molecule has 0 unspecified atom stereocenters. The van der Waals surface area contributed by atoms with Crippen LogP contribution in [0.4, 0.5) is 0 Å². The van der Waals surface area contributed by atoms with Crippen molar-refractivity contribution < 1.29 is 9.32 Å². The molecule has 5 rings (SSSR count). The summed E-state index contributed by atoms with van der Waals surface area (Å²) >= 11 is 0. The number of rotatable bonds is 3. The molecule has 1 aliphatic heterocycles. The van der Waals surface area contributed by atoms with Gasteiger partial charge in [0.05, 0.1) is 5.54 Å². The van der Waals surface area contributed by atoms with Crippen LogP contribution in [0, 0.1) is 5.92 Å². The highest BCUT2D eigenvalue weighted by Gasteiger charge is 2.57. The summed E-state index contributed by atoms with van der Waals surface area (Å²) in [5.41, 5.74) is 1.63.